The second-order valence-electron chi connectivity index (χ2n) is 39.4. The van der Waals surface area contributed by atoms with Crippen molar-refractivity contribution in [2.75, 3.05) is 0 Å². The Hall–Kier alpha value is -6.45. The molecular weight excluding hydrogens is 1880 g/mol. The average Bonchev–Trinajstić information content (AvgIpc) is 0.815. The van der Waals surface area contributed by atoms with E-state index in [-0.39, 0.29) is 0 Å². The maximum Gasteiger partial charge on any atom is 0.132 e. The average molecular weight is 2040 g/mol. The predicted octanol–water partition coefficient (Wildman–Crippen LogP) is 39.2. The van der Waals surface area contributed by atoms with Crippen LogP contribution in [0.5, 0.6) is 0 Å². The van der Waals surface area contributed by atoms with E-state index in [1.165, 1.54) is 44.6 Å². The SMILES string of the molecule is Cc1c(C(C)C)cc(C(C)C)nc1Cl.Cc1c(Cl)cnc(C(C)C)c1C.Cc1cc(C(C)C)nc(C)c1Cl.Cc1cc(C(C)C)nc(Cl)c1C.Cc1cc(C)c(Cl)c(C(C)C)n1.Cc1cc(Cl)c(C)c(C(C)C)n1.Cc1cc(Cl)nc(C(C)C)c1C.Cc1cnc(C(C)C)c(C)c1Cl.Cc1cnc(C(C)C)c(Cl)c1C.Cc1cnc(C(C)C)cc1C(C)C.Cc1nc(C(C)C)cc(Cl)c1C. The number of aromatic nitrogens is 11. The van der Waals surface area contributed by atoms with Gasteiger partial charge >= 0.3 is 0 Å². The topological polar surface area (TPSA) is 142 Å². The lowest BCUT2D eigenvalue weighted by molar-refractivity contribution is 0.793. The van der Waals surface area contributed by atoms with Gasteiger partial charge in [0.2, 0.25) is 0 Å². The van der Waals surface area contributed by atoms with Crippen LogP contribution in [0.1, 0.15) is 443 Å². The third-order valence-corrected chi connectivity index (χ3v) is 27.3. The molecule has 11 heterocycles. The van der Waals surface area contributed by atoms with Crippen LogP contribution in [-0.2, 0) is 0 Å². The first-order valence-corrected chi connectivity index (χ1v) is 51.3. The third kappa shape index (κ3) is 41.0. The zero-order chi connectivity index (χ0) is 105. The molecule has 0 fully saturated rings. The van der Waals surface area contributed by atoms with E-state index in [0.29, 0.717) is 92.4 Å². The Balaban J connectivity index is 0.000000743. The van der Waals surface area contributed by atoms with Crippen molar-refractivity contribution in [3.8, 4) is 0 Å². The van der Waals surface area contributed by atoms with Gasteiger partial charge in [-0.3, -0.25) is 39.9 Å². The van der Waals surface area contributed by atoms with Crippen LogP contribution in [0.15, 0.2) is 73.3 Å². The Labute approximate surface area is 868 Å². The van der Waals surface area contributed by atoms with E-state index >= 15 is 0 Å². The summed E-state index contributed by atoms with van der Waals surface area (Å²) in [7, 11) is 0. The molecule has 0 unspecified atom stereocenters. The molecule has 0 aliphatic heterocycles. The molecule has 0 saturated heterocycles. The van der Waals surface area contributed by atoms with Gasteiger partial charge in [0.25, 0.3) is 0 Å². The molecule has 0 saturated carbocycles. The van der Waals surface area contributed by atoms with E-state index in [4.69, 9.17) is 116 Å². The molecule has 0 spiro atoms. The van der Waals surface area contributed by atoms with Gasteiger partial charge in [0.15, 0.2) is 0 Å². The smallest absolute Gasteiger partial charge is 0.132 e. The molecule has 11 rings (SSSR count). The van der Waals surface area contributed by atoms with E-state index in [2.05, 4.69) is 294 Å². The number of pyridine rings is 11. The molecule has 0 aromatic carbocycles. The van der Waals surface area contributed by atoms with Gasteiger partial charge in [-0.1, -0.05) is 296 Å². The normalized spacial score (nSPS) is 10.9. The fourth-order valence-electron chi connectivity index (χ4n) is 13.6. The van der Waals surface area contributed by atoms with Crippen molar-refractivity contribution in [3.05, 3.63) is 309 Å². The van der Waals surface area contributed by atoms with E-state index in [1.807, 2.05) is 147 Å². The fourth-order valence-corrected chi connectivity index (χ4v) is 16.0. The maximum absolute atomic E-state index is 6.13. The number of rotatable bonds is 13. The van der Waals surface area contributed by atoms with Gasteiger partial charge in [-0.25, -0.2) is 15.0 Å². The Morgan fingerprint density at radius 1 is 0.185 bits per heavy atom. The summed E-state index contributed by atoms with van der Waals surface area (Å²) < 4.78 is 0. The number of hydrogen-bond acceptors (Lipinski definition) is 11. The molecule has 0 atom stereocenters. The van der Waals surface area contributed by atoms with Crippen molar-refractivity contribution in [1.29, 1.82) is 0 Å². The Bertz CT molecular complexity index is 5100. The number of nitrogens with zero attached hydrogens (tertiary/aromatic N) is 11. The van der Waals surface area contributed by atoms with Crippen LogP contribution < -0.4 is 0 Å². The van der Waals surface area contributed by atoms with Gasteiger partial charge < -0.3 is 0 Å². The Kier molecular flexibility index (Phi) is 56.2. The highest BCUT2D eigenvalue weighted by molar-refractivity contribution is 6.34. The van der Waals surface area contributed by atoms with Crippen LogP contribution in [0.2, 0.25) is 50.6 Å². The molecule has 11 nitrogen and oxygen atoms in total. The van der Waals surface area contributed by atoms with Crippen molar-refractivity contribution in [3.63, 3.8) is 0 Å². The Morgan fingerprint density at radius 2 is 0.556 bits per heavy atom. The first-order valence-electron chi connectivity index (χ1n) is 47.5. The van der Waals surface area contributed by atoms with Gasteiger partial charge in [0, 0.05) is 108 Å². The summed E-state index contributed by atoms with van der Waals surface area (Å²) in [5, 5.41) is 7.59. The van der Waals surface area contributed by atoms with E-state index in [1.54, 1.807) is 6.20 Å². The van der Waals surface area contributed by atoms with Crippen LogP contribution in [0.25, 0.3) is 0 Å². The molecule has 744 valence electrons. The lowest BCUT2D eigenvalue weighted by Gasteiger charge is -2.14. The van der Waals surface area contributed by atoms with Crippen LogP contribution in [0.3, 0.4) is 0 Å². The van der Waals surface area contributed by atoms with Crippen molar-refractivity contribution < 1.29 is 0 Å². The summed E-state index contributed by atoms with van der Waals surface area (Å²) in [5.74, 6) is 6.04. The summed E-state index contributed by atoms with van der Waals surface area (Å²) in [6.45, 7) is 96.2. The molecule has 0 aliphatic rings. The minimum Gasteiger partial charge on any atom is -0.261 e. The molecule has 11 aromatic rings. The molecule has 0 N–H and O–H groups in total. The van der Waals surface area contributed by atoms with Crippen molar-refractivity contribution in [1.82, 2.24) is 54.8 Å². The predicted molar refractivity (Wildman–Crippen MR) is 595 cm³/mol. The monoisotopic (exact) mass is 2040 g/mol. The standard InChI is InChI=1S/C12H18ClN.C12H19N.9C10H14ClN/c1-7(2)10-6-11(8(3)4)14-12(13)9(10)5;1-8(2)11-6-12(9(3)4)13-7-10(11)5;1-6(2)10-8(4)7(3)9(11)5-12-10;1-6(2)10-5-9(11)7(3)8(4)12-10;1-6(2)10-8(4)9(11)7(3)5-12-10;1-6(2)10-8(4)9(11)5-7(3)12-10;1-6(2)9-5-7(3)10(11)8(4)12-9;1-6(2)10-9(11)8(4)7(3)5-12-10;1-6(2)10-8(4)7(3)5-9(11)12-10;1-6(2)9-5-7(3)8(4)10(11)12-9;1-6(2)10-9(11)7(3)5-8(4)12-10/h6-8H,1-5H3;6-9H,1-5H3;9*5-6H,1-4H3. The van der Waals surface area contributed by atoms with Gasteiger partial charge in [0.1, 0.15) is 15.5 Å². The molecule has 0 aliphatic carbocycles. The first kappa shape index (κ1) is 127. The zero-order valence-corrected chi connectivity index (χ0v) is 98.2. The van der Waals surface area contributed by atoms with Gasteiger partial charge in [-0.05, 0) is 364 Å². The van der Waals surface area contributed by atoms with Crippen molar-refractivity contribution >= 4 is 116 Å². The summed E-state index contributed by atoms with van der Waals surface area (Å²) in [5.41, 5.74) is 37.3. The lowest BCUT2D eigenvalue weighted by atomic mass is 9.96. The molecule has 0 bridgehead atoms. The summed E-state index contributed by atoms with van der Waals surface area (Å²) in [6.07, 6.45) is 7.45. The van der Waals surface area contributed by atoms with E-state index in [9.17, 15) is 0 Å². The van der Waals surface area contributed by atoms with E-state index < -0.39 is 0 Å². The van der Waals surface area contributed by atoms with Crippen LogP contribution >= 0.6 is 116 Å². The molecular formula is C114H163Cl10N11. The molecule has 135 heavy (non-hydrogen) atoms. The van der Waals surface area contributed by atoms with Crippen LogP contribution in [0, 0.1) is 138 Å². The number of halogens is 10. The molecule has 0 amide bonds. The first-order chi connectivity index (χ1) is 62.2. The van der Waals surface area contributed by atoms with Crippen LogP contribution in [-0.4, -0.2) is 54.8 Å². The molecule has 21 heteroatoms. The largest absolute Gasteiger partial charge is 0.261 e. The van der Waals surface area contributed by atoms with Crippen molar-refractivity contribution in [2.45, 2.75) is 395 Å². The highest BCUT2D eigenvalue weighted by Crippen LogP contribution is 2.35. The second kappa shape index (κ2) is 60.0. The second-order valence-corrected chi connectivity index (χ2v) is 43.2. The highest BCUT2D eigenvalue weighted by Gasteiger charge is 2.19. The minimum absolute atomic E-state index is 0.399. The van der Waals surface area contributed by atoms with E-state index in [0.717, 1.165) is 176 Å². The number of aryl methyl sites for hydroxylation is 11. The van der Waals surface area contributed by atoms with Gasteiger partial charge in [-0.2, -0.15) is 0 Å². The Morgan fingerprint density at radius 3 is 1.01 bits per heavy atom. The van der Waals surface area contributed by atoms with Gasteiger partial charge in [-0.15, -0.1) is 0 Å². The quantitative estimate of drug-likeness (QED) is 0.102. The molecule has 0 radical (unpaired) electrons. The third-order valence-electron chi connectivity index (χ3n) is 23.0. The maximum atomic E-state index is 6.13. The van der Waals surface area contributed by atoms with Crippen LogP contribution in [0.4, 0.5) is 0 Å². The minimum atomic E-state index is 0.399. The summed E-state index contributed by atoms with van der Waals surface area (Å²) >= 11 is 60.2. The summed E-state index contributed by atoms with van der Waals surface area (Å²) in [6, 6.07) is 16.3. The summed E-state index contributed by atoms with van der Waals surface area (Å²) in [4.78, 5) is 48.1. The highest BCUT2D eigenvalue weighted by atomic mass is 35.5. The lowest BCUT2D eigenvalue weighted by Crippen LogP contribution is -2.01. The zero-order valence-electron chi connectivity index (χ0n) is 90.6. The van der Waals surface area contributed by atoms with Crippen molar-refractivity contribution in [2.24, 2.45) is 0 Å². The molecule has 11 aromatic heterocycles. The fraction of sp³-hybridized carbons (Fsp3) is 0.518. The van der Waals surface area contributed by atoms with Gasteiger partial charge in [0.05, 0.1) is 37.2 Å². The number of hydrogen-bond donors (Lipinski definition) is 0.